The molecule has 106 valence electrons. The minimum Gasteiger partial charge on any atom is -0.457 e. The van der Waals surface area contributed by atoms with Crippen LogP contribution in [-0.4, -0.2) is 6.04 Å². The maximum absolute atomic E-state index is 5.78. The number of ether oxygens (including phenoxy) is 1. The third-order valence-electron chi connectivity index (χ3n) is 3.52. The zero-order valence-corrected chi connectivity index (χ0v) is 12.7. The van der Waals surface area contributed by atoms with E-state index in [-0.39, 0.29) is 5.41 Å². The lowest BCUT2D eigenvalue weighted by Gasteiger charge is -2.29. The first-order chi connectivity index (χ1) is 9.45. The Morgan fingerprint density at radius 1 is 0.850 bits per heavy atom. The lowest BCUT2D eigenvalue weighted by atomic mass is 9.88. The Kier molecular flexibility index (Phi) is 4.33. The zero-order valence-electron chi connectivity index (χ0n) is 12.7. The van der Waals surface area contributed by atoms with Crippen LogP contribution in [-0.2, 0) is 0 Å². The fraction of sp³-hybridized carbons (Fsp3) is 0.333. The standard InChI is InChI=1S/C18H23NO/c1-14(18(2,3)4)19-15-10-12-17(13-11-15)20-16-8-6-5-7-9-16/h5-14,19H,1-4H3. The Morgan fingerprint density at radius 3 is 1.95 bits per heavy atom. The molecule has 0 aliphatic heterocycles. The van der Waals surface area contributed by atoms with Crippen molar-refractivity contribution in [2.45, 2.75) is 33.7 Å². The van der Waals surface area contributed by atoms with Gasteiger partial charge in [0.15, 0.2) is 0 Å². The summed E-state index contributed by atoms with van der Waals surface area (Å²) in [6, 6.07) is 18.3. The molecule has 2 heteroatoms. The molecule has 0 aliphatic rings. The van der Waals surface area contributed by atoms with Crippen molar-refractivity contribution in [2.75, 3.05) is 5.32 Å². The quantitative estimate of drug-likeness (QED) is 0.810. The molecule has 0 saturated heterocycles. The molecular weight excluding hydrogens is 246 g/mol. The first-order valence-electron chi connectivity index (χ1n) is 7.04. The molecule has 2 nitrogen and oxygen atoms in total. The Hall–Kier alpha value is -1.96. The first kappa shape index (κ1) is 14.4. The molecule has 0 heterocycles. The van der Waals surface area contributed by atoms with E-state index in [1.165, 1.54) is 0 Å². The second kappa shape index (κ2) is 6.00. The molecule has 20 heavy (non-hydrogen) atoms. The Labute approximate surface area is 121 Å². The average Bonchev–Trinajstić information content (AvgIpc) is 2.41. The van der Waals surface area contributed by atoms with E-state index in [1.54, 1.807) is 0 Å². The highest BCUT2D eigenvalue weighted by Crippen LogP contribution is 2.26. The molecule has 0 saturated carbocycles. The zero-order chi connectivity index (χ0) is 14.6. The number of benzene rings is 2. The smallest absolute Gasteiger partial charge is 0.127 e. The van der Waals surface area contributed by atoms with Crippen LogP contribution in [0.15, 0.2) is 54.6 Å². The molecular formula is C18H23NO. The topological polar surface area (TPSA) is 21.3 Å². The predicted octanol–water partition coefficient (Wildman–Crippen LogP) is 5.33. The molecule has 0 radical (unpaired) electrons. The minimum absolute atomic E-state index is 0.235. The summed E-state index contributed by atoms with van der Waals surface area (Å²) in [7, 11) is 0. The predicted molar refractivity (Wildman–Crippen MR) is 85.5 cm³/mol. The van der Waals surface area contributed by atoms with Crippen molar-refractivity contribution in [3.05, 3.63) is 54.6 Å². The van der Waals surface area contributed by atoms with Crippen molar-refractivity contribution < 1.29 is 4.74 Å². The summed E-state index contributed by atoms with van der Waals surface area (Å²) in [5.74, 6) is 1.71. The van der Waals surface area contributed by atoms with Crippen LogP contribution in [0.3, 0.4) is 0 Å². The Balaban J connectivity index is 2.00. The van der Waals surface area contributed by atoms with Crippen molar-refractivity contribution in [1.29, 1.82) is 0 Å². The van der Waals surface area contributed by atoms with Crippen LogP contribution >= 0.6 is 0 Å². The second-order valence-electron chi connectivity index (χ2n) is 6.17. The van der Waals surface area contributed by atoms with Crippen molar-refractivity contribution in [3.8, 4) is 11.5 Å². The van der Waals surface area contributed by atoms with Gasteiger partial charge >= 0.3 is 0 Å². The van der Waals surface area contributed by atoms with Gasteiger partial charge in [0.2, 0.25) is 0 Å². The van der Waals surface area contributed by atoms with Gasteiger partial charge in [0, 0.05) is 11.7 Å². The number of nitrogens with one attached hydrogen (secondary N) is 1. The highest BCUT2D eigenvalue weighted by Gasteiger charge is 2.19. The molecule has 0 fully saturated rings. The monoisotopic (exact) mass is 269 g/mol. The Bertz CT molecular complexity index is 526. The number of rotatable bonds is 4. The average molecular weight is 269 g/mol. The fourth-order valence-electron chi connectivity index (χ4n) is 1.71. The number of para-hydroxylation sites is 1. The number of anilines is 1. The van der Waals surface area contributed by atoms with E-state index in [4.69, 9.17) is 4.74 Å². The van der Waals surface area contributed by atoms with Crippen molar-refractivity contribution in [1.82, 2.24) is 0 Å². The van der Waals surface area contributed by atoms with Gasteiger partial charge < -0.3 is 10.1 Å². The molecule has 1 atom stereocenters. The summed E-state index contributed by atoms with van der Waals surface area (Å²) in [6.45, 7) is 8.90. The van der Waals surface area contributed by atoms with Crippen LogP contribution in [0.5, 0.6) is 11.5 Å². The van der Waals surface area contributed by atoms with E-state index >= 15 is 0 Å². The molecule has 2 aromatic rings. The summed E-state index contributed by atoms with van der Waals surface area (Å²) < 4.78 is 5.78. The maximum Gasteiger partial charge on any atom is 0.127 e. The van der Waals surface area contributed by atoms with Gasteiger partial charge in [-0.25, -0.2) is 0 Å². The highest BCUT2D eigenvalue weighted by molar-refractivity contribution is 5.48. The van der Waals surface area contributed by atoms with Gasteiger partial charge in [0.1, 0.15) is 11.5 Å². The van der Waals surface area contributed by atoms with Gasteiger partial charge in [-0.15, -0.1) is 0 Å². The van der Waals surface area contributed by atoms with Gasteiger partial charge in [0.05, 0.1) is 0 Å². The van der Waals surface area contributed by atoms with Crippen LogP contribution in [0, 0.1) is 5.41 Å². The molecule has 2 aromatic carbocycles. The molecule has 0 aliphatic carbocycles. The van der Waals surface area contributed by atoms with Crippen LogP contribution in [0.4, 0.5) is 5.69 Å². The van der Waals surface area contributed by atoms with Crippen molar-refractivity contribution >= 4 is 5.69 Å². The van der Waals surface area contributed by atoms with Crippen LogP contribution < -0.4 is 10.1 Å². The van der Waals surface area contributed by atoms with Crippen LogP contribution in [0.25, 0.3) is 0 Å². The summed E-state index contributed by atoms with van der Waals surface area (Å²) in [4.78, 5) is 0. The minimum atomic E-state index is 0.235. The molecule has 0 spiro atoms. The maximum atomic E-state index is 5.78. The second-order valence-corrected chi connectivity index (χ2v) is 6.17. The molecule has 0 aromatic heterocycles. The van der Waals surface area contributed by atoms with Crippen LogP contribution in [0.1, 0.15) is 27.7 Å². The normalized spacial score (nSPS) is 12.8. The lowest BCUT2D eigenvalue weighted by Crippen LogP contribution is -2.30. The van der Waals surface area contributed by atoms with E-state index in [9.17, 15) is 0 Å². The fourth-order valence-corrected chi connectivity index (χ4v) is 1.71. The summed E-state index contributed by atoms with van der Waals surface area (Å²) in [5.41, 5.74) is 1.35. The number of hydrogen-bond donors (Lipinski definition) is 1. The van der Waals surface area contributed by atoms with Gasteiger partial charge in [0.25, 0.3) is 0 Å². The SMILES string of the molecule is CC(Nc1ccc(Oc2ccccc2)cc1)C(C)(C)C. The van der Waals surface area contributed by atoms with E-state index in [1.807, 2.05) is 42.5 Å². The van der Waals surface area contributed by atoms with Gasteiger partial charge in [-0.2, -0.15) is 0 Å². The van der Waals surface area contributed by atoms with Gasteiger partial charge in [-0.05, 0) is 48.7 Å². The first-order valence-corrected chi connectivity index (χ1v) is 7.04. The summed E-state index contributed by atoms with van der Waals surface area (Å²) in [6.07, 6.45) is 0. The van der Waals surface area contributed by atoms with E-state index < -0.39 is 0 Å². The molecule has 1 unspecified atom stereocenters. The highest BCUT2D eigenvalue weighted by atomic mass is 16.5. The molecule has 0 bridgehead atoms. The Morgan fingerprint density at radius 2 is 1.40 bits per heavy atom. The third kappa shape index (κ3) is 4.02. The van der Waals surface area contributed by atoms with E-state index in [0.29, 0.717) is 6.04 Å². The lowest BCUT2D eigenvalue weighted by molar-refractivity contribution is 0.359. The van der Waals surface area contributed by atoms with Crippen molar-refractivity contribution in [3.63, 3.8) is 0 Å². The van der Waals surface area contributed by atoms with Gasteiger partial charge in [-0.1, -0.05) is 39.0 Å². The summed E-state index contributed by atoms with van der Waals surface area (Å²) in [5, 5.41) is 3.52. The molecule has 0 amide bonds. The third-order valence-corrected chi connectivity index (χ3v) is 3.52. The molecule has 2 rings (SSSR count). The summed E-state index contributed by atoms with van der Waals surface area (Å²) >= 11 is 0. The van der Waals surface area contributed by atoms with Crippen LogP contribution in [0.2, 0.25) is 0 Å². The largest absolute Gasteiger partial charge is 0.457 e. The van der Waals surface area contributed by atoms with Crippen molar-refractivity contribution in [2.24, 2.45) is 5.41 Å². The van der Waals surface area contributed by atoms with E-state index in [2.05, 4.69) is 45.1 Å². The van der Waals surface area contributed by atoms with E-state index in [0.717, 1.165) is 17.2 Å². The van der Waals surface area contributed by atoms with Gasteiger partial charge in [-0.3, -0.25) is 0 Å². The number of hydrogen-bond acceptors (Lipinski definition) is 2. The molecule has 1 N–H and O–H groups in total.